The van der Waals surface area contributed by atoms with Crippen LogP contribution in [-0.2, 0) is 13.6 Å². The van der Waals surface area contributed by atoms with E-state index < -0.39 is 0 Å². The Balaban J connectivity index is 1.68. The smallest absolute Gasteiger partial charge is 0.115 e. The minimum Gasteiger partial charge on any atom is -0.302 e. The molecule has 1 fully saturated rings. The molecule has 23 heavy (non-hydrogen) atoms. The molecule has 0 aromatic carbocycles. The van der Waals surface area contributed by atoms with Crippen LogP contribution in [0.5, 0.6) is 0 Å². The second-order valence-electron chi connectivity index (χ2n) is 6.72. The summed E-state index contributed by atoms with van der Waals surface area (Å²) >= 11 is 0. The number of aromatic nitrogens is 4. The fraction of sp³-hybridized carbons (Fsp3) is 0.588. The van der Waals surface area contributed by atoms with Crippen LogP contribution in [0, 0.1) is 5.92 Å². The Bertz CT molecular complexity index is 611. The van der Waals surface area contributed by atoms with Crippen molar-refractivity contribution in [1.82, 2.24) is 29.5 Å². The number of rotatable bonds is 5. The molecule has 1 aliphatic rings. The zero-order valence-corrected chi connectivity index (χ0v) is 14.3. The summed E-state index contributed by atoms with van der Waals surface area (Å²) in [5.74, 6) is 0.618. The summed E-state index contributed by atoms with van der Waals surface area (Å²) in [6.45, 7) is 3.12. The van der Waals surface area contributed by atoms with Crippen molar-refractivity contribution in [3.63, 3.8) is 0 Å². The van der Waals surface area contributed by atoms with Gasteiger partial charge in [0.25, 0.3) is 0 Å². The molecule has 0 aliphatic carbocycles. The van der Waals surface area contributed by atoms with Crippen molar-refractivity contribution >= 4 is 0 Å². The van der Waals surface area contributed by atoms with Crippen LogP contribution in [0.1, 0.15) is 30.0 Å². The predicted molar refractivity (Wildman–Crippen MR) is 89.7 cm³/mol. The van der Waals surface area contributed by atoms with Gasteiger partial charge in [-0.15, -0.1) is 0 Å². The molecule has 6 heteroatoms. The topological polar surface area (TPSA) is 50.1 Å². The van der Waals surface area contributed by atoms with Crippen LogP contribution < -0.4 is 0 Å². The van der Waals surface area contributed by atoms with E-state index in [0.717, 1.165) is 25.2 Å². The first-order valence-electron chi connectivity index (χ1n) is 8.24. The summed E-state index contributed by atoms with van der Waals surface area (Å²) in [7, 11) is 6.40. The molecule has 6 nitrogen and oxygen atoms in total. The molecule has 3 rings (SSSR count). The molecule has 124 valence electrons. The molecule has 2 atom stereocenters. The third-order valence-corrected chi connectivity index (χ3v) is 4.69. The van der Waals surface area contributed by atoms with E-state index in [1.54, 1.807) is 6.33 Å². The van der Waals surface area contributed by atoms with Gasteiger partial charge in [-0.1, -0.05) is 0 Å². The Labute approximate surface area is 138 Å². The highest BCUT2D eigenvalue weighted by atomic mass is 15.3. The lowest BCUT2D eigenvalue weighted by atomic mass is 9.85. The maximum atomic E-state index is 4.37. The molecule has 0 radical (unpaired) electrons. The summed E-state index contributed by atoms with van der Waals surface area (Å²) in [5, 5.41) is 4.37. The summed E-state index contributed by atoms with van der Waals surface area (Å²) in [4.78, 5) is 13.1. The number of aryl methyl sites for hydroxylation is 1. The van der Waals surface area contributed by atoms with Gasteiger partial charge in [0, 0.05) is 55.9 Å². The second kappa shape index (κ2) is 7.19. The van der Waals surface area contributed by atoms with Gasteiger partial charge in [-0.2, -0.15) is 5.10 Å². The van der Waals surface area contributed by atoms with Gasteiger partial charge in [0.1, 0.15) is 6.33 Å². The van der Waals surface area contributed by atoms with E-state index in [1.165, 1.54) is 18.4 Å². The van der Waals surface area contributed by atoms with E-state index in [9.17, 15) is 0 Å². The molecule has 2 aromatic heterocycles. The van der Waals surface area contributed by atoms with Gasteiger partial charge in [-0.3, -0.25) is 9.58 Å². The van der Waals surface area contributed by atoms with Crippen molar-refractivity contribution in [3.8, 4) is 0 Å². The van der Waals surface area contributed by atoms with Crippen LogP contribution in [0.3, 0.4) is 0 Å². The third-order valence-electron chi connectivity index (χ3n) is 4.69. The fourth-order valence-corrected chi connectivity index (χ4v) is 3.76. The van der Waals surface area contributed by atoms with Crippen LogP contribution in [0.25, 0.3) is 0 Å². The standard InChI is InChI=1S/C17H26N6/c1-21(10-14-7-18-13-19-8-14)11-15-5-4-6-22(2)17(15)16-9-20-23(3)12-16/h7-9,12-13,15,17H,4-6,10-11H2,1-3H3/t15-,17+/m0/s1. The van der Waals surface area contributed by atoms with Gasteiger partial charge in [-0.25, -0.2) is 9.97 Å². The highest BCUT2D eigenvalue weighted by molar-refractivity contribution is 5.13. The summed E-state index contributed by atoms with van der Waals surface area (Å²) in [6.07, 6.45) is 12.1. The average molecular weight is 314 g/mol. The van der Waals surface area contributed by atoms with E-state index in [1.807, 2.05) is 30.3 Å². The largest absolute Gasteiger partial charge is 0.302 e. The second-order valence-corrected chi connectivity index (χ2v) is 6.72. The van der Waals surface area contributed by atoms with Gasteiger partial charge < -0.3 is 4.90 Å². The minimum absolute atomic E-state index is 0.451. The monoisotopic (exact) mass is 314 g/mol. The first kappa shape index (κ1) is 16.1. The molecule has 3 heterocycles. The molecular weight excluding hydrogens is 288 g/mol. The Morgan fingerprint density at radius 1 is 1.22 bits per heavy atom. The molecule has 0 saturated carbocycles. The van der Waals surface area contributed by atoms with Gasteiger partial charge in [0.15, 0.2) is 0 Å². The molecule has 0 N–H and O–H groups in total. The average Bonchev–Trinajstić information content (AvgIpc) is 2.94. The molecule has 0 bridgehead atoms. The Kier molecular flexibility index (Phi) is 5.03. The van der Waals surface area contributed by atoms with Crippen molar-refractivity contribution in [2.24, 2.45) is 13.0 Å². The van der Waals surface area contributed by atoms with Crippen LogP contribution in [0.2, 0.25) is 0 Å². The number of piperidine rings is 1. The van der Waals surface area contributed by atoms with E-state index in [0.29, 0.717) is 12.0 Å². The molecule has 2 aromatic rings. The number of likely N-dealkylation sites (tertiary alicyclic amines) is 1. The molecule has 0 unspecified atom stereocenters. The zero-order chi connectivity index (χ0) is 16.2. The third kappa shape index (κ3) is 3.95. The van der Waals surface area contributed by atoms with Crippen molar-refractivity contribution in [2.75, 3.05) is 27.2 Å². The molecule has 1 saturated heterocycles. The normalized spacial score (nSPS) is 22.6. The maximum Gasteiger partial charge on any atom is 0.115 e. The first-order chi connectivity index (χ1) is 11.1. The lowest BCUT2D eigenvalue weighted by Crippen LogP contribution is -2.40. The van der Waals surface area contributed by atoms with Gasteiger partial charge in [-0.05, 0) is 39.4 Å². The lowest BCUT2D eigenvalue weighted by molar-refractivity contribution is 0.0925. The first-order valence-corrected chi connectivity index (χ1v) is 8.24. The quantitative estimate of drug-likeness (QED) is 0.841. The van der Waals surface area contributed by atoms with Crippen LogP contribution in [0.4, 0.5) is 0 Å². The molecule has 0 amide bonds. The number of nitrogens with zero attached hydrogens (tertiary/aromatic N) is 6. The highest BCUT2D eigenvalue weighted by Crippen LogP contribution is 2.35. The van der Waals surface area contributed by atoms with Crippen LogP contribution in [-0.4, -0.2) is 56.7 Å². The van der Waals surface area contributed by atoms with Crippen LogP contribution >= 0.6 is 0 Å². The summed E-state index contributed by atoms with van der Waals surface area (Å²) in [6, 6.07) is 0.451. The molecule has 1 aliphatic heterocycles. The zero-order valence-electron chi connectivity index (χ0n) is 14.3. The van der Waals surface area contributed by atoms with Crippen molar-refractivity contribution < 1.29 is 0 Å². The SMILES string of the molecule is CN(Cc1cncnc1)C[C@@H]1CCCN(C)[C@H]1c1cnn(C)c1. The Hall–Kier alpha value is -1.79. The van der Waals surface area contributed by atoms with E-state index in [-0.39, 0.29) is 0 Å². The Morgan fingerprint density at radius 2 is 2.00 bits per heavy atom. The molecule has 0 spiro atoms. The van der Waals surface area contributed by atoms with Crippen molar-refractivity contribution in [1.29, 1.82) is 0 Å². The minimum atomic E-state index is 0.451. The number of hydrogen-bond donors (Lipinski definition) is 0. The summed E-state index contributed by atoms with van der Waals surface area (Å²) in [5.41, 5.74) is 2.49. The Morgan fingerprint density at radius 3 is 2.70 bits per heavy atom. The van der Waals surface area contributed by atoms with Gasteiger partial charge in [0.2, 0.25) is 0 Å². The van der Waals surface area contributed by atoms with Gasteiger partial charge >= 0.3 is 0 Å². The van der Waals surface area contributed by atoms with E-state index >= 15 is 0 Å². The lowest BCUT2D eigenvalue weighted by Gasteiger charge is -2.40. The van der Waals surface area contributed by atoms with Gasteiger partial charge in [0.05, 0.1) is 6.20 Å². The van der Waals surface area contributed by atoms with E-state index in [2.05, 4.69) is 45.2 Å². The van der Waals surface area contributed by atoms with Crippen molar-refractivity contribution in [3.05, 3.63) is 42.2 Å². The number of hydrogen-bond acceptors (Lipinski definition) is 5. The predicted octanol–water partition coefficient (Wildman–Crippen LogP) is 1.72. The van der Waals surface area contributed by atoms with E-state index in [4.69, 9.17) is 0 Å². The molecular formula is C17H26N6. The van der Waals surface area contributed by atoms with Crippen molar-refractivity contribution in [2.45, 2.75) is 25.4 Å². The highest BCUT2D eigenvalue weighted by Gasteiger charge is 2.31. The summed E-state index contributed by atoms with van der Waals surface area (Å²) < 4.78 is 1.90. The fourth-order valence-electron chi connectivity index (χ4n) is 3.76. The maximum absolute atomic E-state index is 4.37. The van der Waals surface area contributed by atoms with Crippen LogP contribution in [0.15, 0.2) is 31.1 Å².